The Hall–Kier alpha value is -5.82. The normalized spacial score (nSPS) is 13.1. The van der Waals surface area contributed by atoms with Crippen molar-refractivity contribution < 1.29 is 27.5 Å². The molecule has 2 aromatic heterocycles. The highest BCUT2D eigenvalue weighted by Gasteiger charge is 2.31. The zero-order valence-electron chi connectivity index (χ0n) is 25.7. The molecule has 0 aliphatic carbocycles. The average Bonchev–Trinajstić information content (AvgIpc) is 3.08. The van der Waals surface area contributed by atoms with Crippen LogP contribution >= 0.6 is 0 Å². The first-order chi connectivity index (χ1) is 23.1. The van der Waals surface area contributed by atoms with Crippen molar-refractivity contribution in [3.63, 3.8) is 0 Å². The number of carbonyl (C=O) groups excluding carboxylic acids is 2. The van der Waals surface area contributed by atoms with Gasteiger partial charge in [0.25, 0.3) is 0 Å². The number of pyridine rings is 1. The van der Waals surface area contributed by atoms with Crippen LogP contribution in [0.1, 0.15) is 12.5 Å². The number of urea groups is 1. The van der Waals surface area contributed by atoms with Crippen molar-refractivity contribution in [1.82, 2.24) is 15.0 Å². The quantitative estimate of drug-likeness (QED) is 0.168. The smallest absolute Gasteiger partial charge is 0.378 e. The summed E-state index contributed by atoms with van der Waals surface area (Å²) in [6.45, 7) is 3.98. The van der Waals surface area contributed by atoms with Crippen LogP contribution in [0.4, 0.5) is 41.0 Å². The molecule has 3 amide bonds. The van der Waals surface area contributed by atoms with Crippen molar-refractivity contribution in [2.45, 2.75) is 13.1 Å². The molecule has 0 radical (unpaired) electrons. The van der Waals surface area contributed by atoms with Gasteiger partial charge in [-0.1, -0.05) is 30.3 Å². The Balaban J connectivity index is 1.21. The molecule has 1 aliphatic rings. The number of amides is 3. The average molecular weight is 654 g/mol. The first kappa shape index (κ1) is 32.1. The molecule has 3 aromatic carbocycles. The van der Waals surface area contributed by atoms with Crippen molar-refractivity contribution in [3.05, 3.63) is 103 Å². The van der Waals surface area contributed by atoms with Gasteiger partial charge >= 0.3 is 12.2 Å². The molecular formula is C35H30F3N7O3. The van der Waals surface area contributed by atoms with Crippen LogP contribution in [0.25, 0.3) is 33.6 Å². The predicted octanol–water partition coefficient (Wildman–Crippen LogP) is 7.33. The molecule has 5 aromatic rings. The second-order valence-electron chi connectivity index (χ2n) is 10.9. The van der Waals surface area contributed by atoms with Crippen molar-refractivity contribution >= 4 is 34.9 Å². The number of ether oxygens (including phenoxy) is 1. The number of aromatic nitrogens is 3. The zero-order valence-corrected chi connectivity index (χ0v) is 25.7. The van der Waals surface area contributed by atoms with E-state index in [-0.39, 0.29) is 17.5 Å². The van der Waals surface area contributed by atoms with Gasteiger partial charge in [-0.05, 0) is 60.2 Å². The molecule has 6 rings (SSSR count). The van der Waals surface area contributed by atoms with Gasteiger partial charge in [-0.25, -0.2) is 14.8 Å². The summed E-state index contributed by atoms with van der Waals surface area (Å²) < 4.78 is 46.5. The lowest BCUT2D eigenvalue weighted by molar-refractivity contribution is -0.137. The number of alkyl halides is 3. The monoisotopic (exact) mass is 653 g/mol. The third-order valence-corrected chi connectivity index (χ3v) is 7.55. The van der Waals surface area contributed by atoms with Gasteiger partial charge in [0.1, 0.15) is 0 Å². The van der Waals surface area contributed by atoms with E-state index in [2.05, 4.69) is 35.8 Å². The van der Waals surface area contributed by atoms with E-state index < -0.39 is 17.8 Å². The number of nitrogens with one attached hydrogen (secondary N) is 3. The molecule has 3 heterocycles. The van der Waals surface area contributed by atoms with E-state index >= 15 is 0 Å². The second-order valence-corrected chi connectivity index (χ2v) is 10.9. The fraction of sp³-hybridized carbons (Fsp3) is 0.171. The maximum atomic E-state index is 13.7. The molecule has 10 nitrogen and oxygen atoms in total. The minimum Gasteiger partial charge on any atom is -0.378 e. The summed E-state index contributed by atoms with van der Waals surface area (Å²) in [5.41, 5.74) is 4.25. The molecule has 1 saturated heterocycles. The predicted molar refractivity (Wildman–Crippen MR) is 178 cm³/mol. The number of morpholine rings is 1. The van der Waals surface area contributed by atoms with E-state index in [0.29, 0.717) is 60.1 Å². The third kappa shape index (κ3) is 7.76. The van der Waals surface area contributed by atoms with Crippen molar-refractivity contribution in [2.75, 3.05) is 47.2 Å². The summed E-state index contributed by atoms with van der Waals surface area (Å²) in [6, 6.07) is 22.4. The van der Waals surface area contributed by atoms with Crippen LogP contribution in [0.2, 0.25) is 0 Å². The van der Waals surface area contributed by atoms with Crippen LogP contribution in [0.3, 0.4) is 0 Å². The highest BCUT2D eigenvalue weighted by molar-refractivity contribution is 6.02. The van der Waals surface area contributed by atoms with Crippen LogP contribution in [0.5, 0.6) is 0 Å². The lowest BCUT2D eigenvalue weighted by Crippen LogP contribution is -2.36. The molecule has 0 spiro atoms. The molecule has 0 atom stereocenters. The van der Waals surface area contributed by atoms with Gasteiger partial charge in [-0.2, -0.15) is 13.2 Å². The van der Waals surface area contributed by atoms with E-state index in [1.54, 1.807) is 36.5 Å². The van der Waals surface area contributed by atoms with Gasteiger partial charge in [0, 0.05) is 60.5 Å². The van der Waals surface area contributed by atoms with E-state index in [0.717, 1.165) is 23.4 Å². The molecular weight excluding hydrogens is 623 g/mol. The van der Waals surface area contributed by atoms with Crippen LogP contribution in [0.15, 0.2) is 97.3 Å². The van der Waals surface area contributed by atoms with Gasteiger partial charge in [-0.15, -0.1) is 0 Å². The molecule has 0 unspecified atom stereocenters. The van der Waals surface area contributed by atoms with Crippen molar-refractivity contribution in [2.24, 2.45) is 0 Å². The Labute approximate surface area is 274 Å². The molecule has 0 bridgehead atoms. The number of halogens is 3. The van der Waals surface area contributed by atoms with Crippen LogP contribution < -0.4 is 20.9 Å². The van der Waals surface area contributed by atoms with Gasteiger partial charge in [0.2, 0.25) is 11.9 Å². The lowest BCUT2D eigenvalue weighted by Gasteiger charge is -2.29. The first-order valence-electron chi connectivity index (χ1n) is 15.0. The first-order valence-corrected chi connectivity index (χ1v) is 15.0. The van der Waals surface area contributed by atoms with Gasteiger partial charge in [0.15, 0.2) is 0 Å². The molecule has 13 heteroatoms. The largest absolute Gasteiger partial charge is 0.416 e. The fourth-order valence-electron chi connectivity index (χ4n) is 5.28. The number of rotatable bonds is 7. The Morgan fingerprint density at radius 2 is 1.58 bits per heavy atom. The van der Waals surface area contributed by atoms with E-state index in [1.165, 1.54) is 19.2 Å². The van der Waals surface area contributed by atoms with E-state index in [1.807, 2.05) is 36.4 Å². The summed E-state index contributed by atoms with van der Waals surface area (Å²) in [4.78, 5) is 39.7. The Morgan fingerprint density at radius 3 is 2.33 bits per heavy atom. The molecule has 48 heavy (non-hydrogen) atoms. The number of carbonyl (C=O) groups is 2. The van der Waals surface area contributed by atoms with Crippen molar-refractivity contribution in [3.8, 4) is 33.6 Å². The Bertz CT molecular complexity index is 1950. The van der Waals surface area contributed by atoms with Gasteiger partial charge < -0.3 is 20.3 Å². The SMILES string of the molecule is CC(=O)Nc1cccc(-c2ccc(-c3ccnc(NC(=O)Nc4cc(C(F)(F)F)ccc4-c4cccc(N5CCOCC5)c4)n3)cn2)c1. The molecule has 0 saturated carbocycles. The zero-order chi connectivity index (χ0) is 33.7. The fourth-order valence-corrected chi connectivity index (χ4v) is 5.28. The van der Waals surface area contributed by atoms with Gasteiger partial charge in [0.05, 0.1) is 35.9 Å². The molecule has 244 valence electrons. The Kier molecular flexibility index (Phi) is 9.30. The molecule has 1 fully saturated rings. The summed E-state index contributed by atoms with van der Waals surface area (Å²) in [5, 5.41) is 7.84. The topological polar surface area (TPSA) is 121 Å². The Morgan fingerprint density at radius 1 is 0.792 bits per heavy atom. The van der Waals surface area contributed by atoms with Crippen molar-refractivity contribution in [1.29, 1.82) is 0 Å². The highest BCUT2D eigenvalue weighted by atomic mass is 19.4. The standard InChI is InChI=1S/C35H30F3N7O3/c1-22(46)41-27-6-2-5-24(18-27)30-11-8-25(21-40-30)31-12-13-39-33(42-31)44-34(47)43-32-20-26(35(36,37)38)9-10-29(32)23-4-3-7-28(19-23)45-14-16-48-17-15-45/h2-13,18-21H,14-17H2,1H3,(H,41,46)(H2,39,42,43,44,47). The summed E-state index contributed by atoms with van der Waals surface area (Å²) in [7, 11) is 0. The van der Waals surface area contributed by atoms with Crippen LogP contribution in [-0.4, -0.2) is 53.2 Å². The number of hydrogen-bond donors (Lipinski definition) is 3. The molecule has 3 N–H and O–H groups in total. The molecule has 1 aliphatic heterocycles. The number of hydrogen-bond acceptors (Lipinski definition) is 7. The van der Waals surface area contributed by atoms with Crippen LogP contribution in [-0.2, 0) is 15.7 Å². The lowest BCUT2D eigenvalue weighted by atomic mass is 10.00. The number of anilines is 4. The minimum atomic E-state index is -4.61. The van der Waals surface area contributed by atoms with E-state index in [9.17, 15) is 22.8 Å². The summed E-state index contributed by atoms with van der Waals surface area (Å²) >= 11 is 0. The maximum absolute atomic E-state index is 13.7. The highest BCUT2D eigenvalue weighted by Crippen LogP contribution is 2.37. The van der Waals surface area contributed by atoms with E-state index in [4.69, 9.17) is 4.74 Å². The third-order valence-electron chi connectivity index (χ3n) is 7.55. The number of nitrogens with zero attached hydrogens (tertiary/aromatic N) is 4. The second kappa shape index (κ2) is 13.9. The van der Waals surface area contributed by atoms with Crippen LogP contribution in [0, 0.1) is 0 Å². The summed E-state index contributed by atoms with van der Waals surface area (Å²) in [6.07, 6.45) is -1.54. The maximum Gasteiger partial charge on any atom is 0.416 e. The number of benzene rings is 3. The summed E-state index contributed by atoms with van der Waals surface area (Å²) in [5.74, 6) is -0.234. The van der Waals surface area contributed by atoms with Gasteiger partial charge in [-0.3, -0.25) is 15.1 Å². The minimum absolute atomic E-state index is 0.0278.